The van der Waals surface area contributed by atoms with Crippen LogP contribution in [0.4, 0.5) is 4.79 Å². The summed E-state index contributed by atoms with van der Waals surface area (Å²) in [5.41, 5.74) is 1.29. The van der Waals surface area contributed by atoms with Crippen LogP contribution in [0, 0.1) is 6.92 Å². The Kier molecular flexibility index (Phi) is 6.39. The summed E-state index contributed by atoms with van der Waals surface area (Å²) in [6.07, 6.45) is 0.754. The third-order valence-electron chi connectivity index (χ3n) is 2.83. The van der Waals surface area contributed by atoms with Crippen molar-refractivity contribution < 1.29 is 19.1 Å². The molecule has 0 aliphatic heterocycles. The van der Waals surface area contributed by atoms with Gasteiger partial charge in [0, 0.05) is 6.04 Å². The van der Waals surface area contributed by atoms with E-state index in [4.69, 9.17) is 4.74 Å². The Morgan fingerprint density at radius 1 is 1.29 bits per heavy atom. The van der Waals surface area contributed by atoms with Gasteiger partial charge in [0.2, 0.25) is 0 Å². The molecule has 6 heteroatoms. The molecule has 1 rings (SSSR count). The van der Waals surface area contributed by atoms with Crippen LogP contribution in [0.3, 0.4) is 0 Å². The maximum atomic E-state index is 11.7. The molecule has 114 valence electrons. The lowest BCUT2D eigenvalue weighted by atomic mass is 10.1. The number of benzene rings is 1. The van der Waals surface area contributed by atoms with Crippen molar-refractivity contribution in [1.82, 2.24) is 10.6 Å². The fourth-order valence-corrected chi connectivity index (χ4v) is 1.51. The van der Waals surface area contributed by atoms with E-state index in [9.17, 15) is 14.4 Å². The molecule has 0 unspecified atom stereocenters. The Labute approximate surface area is 123 Å². The molecule has 0 aromatic heterocycles. The Bertz CT molecular complexity index is 528. The molecule has 0 heterocycles. The zero-order chi connectivity index (χ0) is 15.8. The van der Waals surface area contributed by atoms with Crippen molar-refractivity contribution in [1.29, 1.82) is 0 Å². The van der Waals surface area contributed by atoms with E-state index in [1.807, 2.05) is 26.8 Å². The monoisotopic (exact) mass is 292 g/mol. The van der Waals surface area contributed by atoms with Gasteiger partial charge in [-0.1, -0.05) is 24.6 Å². The summed E-state index contributed by atoms with van der Waals surface area (Å²) >= 11 is 0. The van der Waals surface area contributed by atoms with E-state index >= 15 is 0 Å². The molecular weight excluding hydrogens is 272 g/mol. The number of hydrogen-bond acceptors (Lipinski definition) is 4. The summed E-state index contributed by atoms with van der Waals surface area (Å²) in [6.45, 7) is 5.08. The number of imide groups is 1. The van der Waals surface area contributed by atoms with E-state index in [2.05, 4.69) is 10.6 Å². The van der Waals surface area contributed by atoms with Gasteiger partial charge in [-0.05, 0) is 32.4 Å². The minimum Gasteiger partial charge on any atom is -0.452 e. The average molecular weight is 292 g/mol. The molecule has 0 aliphatic rings. The van der Waals surface area contributed by atoms with Crippen molar-refractivity contribution in [3.05, 3.63) is 35.4 Å². The summed E-state index contributed by atoms with van der Waals surface area (Å²) < 4.78 is 4.85. The fraction of sp³-hybridized carbons (Fsp3) is 0.400. The highest BCUT2D eigenvalue weighted by atomic mass is 16.5. The molecule has 1 atom stereocenters. The number of ether oxygens (including phenoxy) is 1. The van der Waals surface area contributed by atoms with Crippen LogP contribution in [-0.4, -0.2) is 30.6 Å². The van der Waals surface area contributed by atoms with Crippen molar-refractivity contribution in [3.63, 3.8) is 0 Å². The second-order valence-electron chi connectivity index (χ2n) is 4.78. The van der Waals surface area contributed by atoms with Crippen molar-refractivity contribution in [3.8, 4) is 0 Å². The zero-order valence-electron chi connectivity index (χ0n) is 12.4. The number of nitrogens with one attached hydrogen (secondary N) is 2. The van der Waals surface area contributed by atoms with Crippen LogP contribution in [0.25, 0.3) is 0 Å². The van der Waals surface area contributed by atoms with Crippen LogP contribution >= 0.6 is 0 Å². The molecule has 1 aromatic rings. The molecule has 0 bridgehead atoms. The number of esters is 1. The largest absolute Gasteiger partial charge is 0.452 e. The van der Waals surface area contributed by atoms with Gasteiger partial charge in [0.1, 0.15) is 0 Å². The van der Waals surface area contributed by atoms with Gasteiger partial charge in [0.05, 0.1) is 5.56 Å². The number of aryl methyl sites for hydroxylation is 1. The molecule has 0 aliphatic carbocycles. The molecule has 1 aromatic carbocycles. The molecule has 0 radical (unpaired) electrons. The standard InChI is InChI=1S/C15H20N2O4/c1-4-11(3)16-15(20)17-13(18)9-21-14(19)12-7-5-6-10(2)8-12/h5-8,11H,4,9H2,1-3H3,(H2,16,17,18,20)/t11-/m0/s1. The molecule has 2 N–H and O–H groups in total. The van der Waals surface area contributed by atoms with Crippen molar-refractivity contribution >= 4 is 17.9 Å². The van der Waals surface area contributed by atoms with Crippen LogP contribution in [0.1, 0.15) is 36.2 Å². The molecule has 0 fully saturated rings. The first-order chi connectivity index (χ1) is 9.92. The van der Waals surface area contributed by atoms with E-state index in [1.54, 1.807) is 18.2 Å². The highest BCUT2D eigenvalue weighted by Crippen LogP contribution is 2.05. The van der Waals surface area contributed by atoms with Crippen molar-refractivity contribution in [2.45, 2.75) is 33.2 Å². The molecule has 3 amide bonds. The zero-order valence-corrected chi connectivity index (χ0v) is 12.4. The minimum absolute atomic E-state index is 0.0346. The summed E-state index contributed by atoms with van der Waals surface area (Å²) in [5, 5.41) is 4.67. The van der Waals surface area contributed by atoms with Crippen molar-refractivity contribution in [2.75, 3.05) is 6.61 Å². The maximum Gasteiger partial charge on any atom is 0.338 e. The summed E-state index contributed by atoms with van der Waals surface area (Å²) in [4.78, 5) is 34.6. The highest BCUT2D eigenvalue weighted by molar-refractivity contribution is 5.97. The van der Waals surface area contributed by atoms with Gasteiger partial charge in [-0.3, -0.25) is 10.1 Å². The van der Waals surface area contributed by atoms with Gasteiger partial charge in [0.25, 0.3) is 5.91 Å². The molecule has 6 nitrogen and oxygen atoms in total. The van der Waals surface area contributed by atoms with E-state index in [1.165, 1.54) is 0 Å². The van der Waals surface area contributed by atoms with Gasteiger partial charge < -0.3 is 10.1 Å². The lowest BCUT2D eigenvalue weighted by molar-refractivity contribution is -0.123. The number of hydrogen-bond donors (Lipinski definition) is 2. The predicted octanol–water partition coefficient (Wildman–Crippen LogP) is 1.78. The topological polar surface area (TPSA) is 84.5 Å². The second kappa shape index (κ2) is 8.04. The van der Waals surface area contributed by atoms with Crippen LogP contribution < -0.4 is 10.6 Å². The highest BCUT2D eigenvalue weighted by Gasteiger charge is 2.13. The smallest absolute Gasteiger partial charge is 0.338 e. The quantitative estimate of drug-likeness (QED) is 0.810. The van der Waals surface area contributed by atoms with Gasteiger partial charge in [-0.25, -0.2) is 9.59 Å². The Morgan fingerprint density at radius 2 is 2.00 bits per heavy atom. The number of amides is 3. The lowest BCUT2D eigenvalue weighted by Crippen LogP contribution is -2.44. The SMILES string of the molecule is CC[C@H](C)NC(=O)NC(=O)COC(=O)c1cccc(C)c1. The first kappa shape index (κ1) is 16.7. The maximum absolute atomic E-state index is 11.7. The van der Waals surface area contributed by atoms with Gasteiger partial charge in [-0.15, -0.1) is 0 Å². The third-order valence-corrected chi connectivity index (χ3v) is 2.83. The average Bonchev–Trinajstić information content (AvgIpc) is 2.44. The third kappa shape index (κ3) is 6.07. The Morgan fingerprint density at radius 3 is 2.62 bits per heavy atom. The number of rotatable bonds is 5. The summed E-state index contributed by atoms with van der Waals surface area (Å²) in [6, 6.07) is 6.21. The normalized spacial score (nSPS) is 11.4. The van der Waals surface area contributed by atoms with Gasteiger partial charge in [-0.2, -0.15) is 0 Å². The molecule has 0 saturated carbocycles. The molecule has 0 spiro atoms. The molecular formula is C15H20N2O4. The molecule has 21 heavy (non-hydrogen) atoms. The van der Waals surface area contributed by atoms with Crippen LogP contribution in [0.15, 0.2) is 24.3 Å². The van der Waals surface area contributed by atoms with Crippen LogP contribution in [-0.2, 0) is 9.53 Å². The van der Waals surface area contributed by atoms with E-state index in [0.717, 1.165) is 12.0 Å². The second-order valence-corrected chi connectivity index (χ2v) is 4.78. The first-order valence-electron chi connectivity index (χ1n) is 6.76. The van der Waals surface area contributed by atoms with E-state index in [0.29, 0.717) is 5.56 Å². The number of urea groups is 1. The summed E-state index contributed by atoms with van der Waals surface area (Å²) in [5.74, 6) is -1.27. The Balaban J connectivity index is 2.39. The predicted molar refractivity (Wildman–Crippen MR) is 77.9 cm³/mol. The summed E-state index contributed by atoms with van der Waals surface area (Å²) in [7, 11) is 0. The number of carbonyl (C=O) groups excluding carboxylic acids is 3. The number of carbonyl (C=O) groups is 3. The lowest BCUT2D eigenvalue weighted by Gasteiger charge is -2.11. The minimum atomic E-state index is -0.670. The van der Waals surface area contributed by atoms with E-state index in [-0.39, 0.29) is 6.04 Å². The van der Waals surface area contributed by atoms with Crippen molar-refractivity contribution in [2.24, 2.45) is 0 Å². The first-order valence-corrected chi connectivity index (χ1v) is 6.76. The van der Waals surface area contributed by atoms with Gasteiger partial charge >= 0.3 is 12.0 Å². The van der Waals surface area contributed by atoms with Gasteiger partial charge in [0.15, 0.2) is 6.61 Å². The van der Waals surface area contributed by atoms with Crippen LogP contribution in [0.2, 0.25) is 0 Å². The van der Waals surface area contributed by atoms with Crippen LogP contribution in [0.5, 0.6) is 0 Å². The fourth-order valence-electron chi connectivity index (χ4n) is 1.51. The Hall–Kier alpha value is -2.37. The molecule has 0 saturated heterocycles. The van der Waals surface area contributed by atoms with E-state index < -0.39 is 24.5 Å².